The van der Waals surface area contributed by atoms with E-state index < -0.39 is 12.8 Å². The molecule has 0 spiro atoms. The van der Waals surface area contributed by atoms with Crippen molar-refractivity contribution in [2.75, 3.05) is 18.5 Å². The molecular formula is C13H15F3N2O2. The molecular weight excluding hydrogens is 273 g/mol. The number of carbonyl (C=O) groups excluding carboxylic acids is 1. The lowest BCUT2D eigenvalue weighted by Gasteiger charge is -2.15. The number of ether oxygens (including phenoxy) is 1. The first-order valence-corrected chi connectivity index (χ1v) is 6.28. The van der Waals surface area contributed by atoms with Crippen LogP contribution in [-0.2, 0) is 4.79 Å². The smallest absolute Gasteiger partial charge is 0.422 e. The molecule has 0 aromatic heterocycles. The number of para-hydroxylation sites is 2. The van der Waals surface area contributed by atoms with Gasteiger partial charge >= 0.3 is 6.18 Å². The molecule has 7 heteroatoms. The zero-order chi connectivity index (χ0) is 14.6. The van der Waals surface area contributed by atoms with Gasteiger partial charge in [0.15, 0.2) is 6.61 Å². The van der Waals surface area contributed by atoms with E-state index in [0.29, 0.717) is 0 Å². The van der Waals surface area contributed by atoms with Crippen LogP contribution in [0.1, 0.15) is 12.8 Å². The molecule has 1 saturated heterocycles. The Bertz CT molecular complexity index is 471. The van der Waals surface area contributed by atoms with E-state index in [0.717, 1.165) is 19.4 Å². The molecule has 1 amide bonds. The van der Waals surface area contributed by atoms with E-state index in [2.05, 4.69) is 10.6 Å². The first-order valence-electron chi connectivity index (χ1n) is 6.28. The average Bonchev–Trinajstić information content (AvgIpc) is 2.90. The number of amides is 1. The second-order valence-corrected chi connectivity index (χ2v) is 4.54. The van der Waals surface area contributed by atoms with Gasteiger partial charge in [-0.05, 0) is 31.5 Å². The number of rotatable bonds is 4. The molecule has 110 valence electrons. The fraction of sp³-hybridized carbons (Fsp3) is 0.462. The van der Waals surface area contributed by atoms with Crippen molar-refractivity contribution in [1.29, 1.82) is 0 Å². The summed E-state index contributed by atoms with van der Waals surface area (Å²) in [5, 5.41) is 5.61. The van der Waals surface area contributed by atoms with E-state index in [1.165, 1.54) is 12.1 Å². The molecule has 2 N–H and O–H groups in total. The van der Waals surface area contributed by atoms with Gasteiger partial charge in [0.25, 0.3) is 0 Å². The standard InChI is InChI=1S/C13H15F3N2O2/c14-13(15,16)8-20-11-6-2-1-4-9(11)18-12(19)10-5-3-7-17-10/h1-2,4,6,10,17H,3,5,7-8H2,(H,18,19)/t10-/m0/s1. The fourth-order valence-corrected chi connectivity index (χ4v) is 1.98. The molecule has 0 radical (unpaired) electrons. The molecule has 1 atom stereocenters. The van der Waals surface area contributed by atoms with Crippen molar-refractivity contribution in [2.24, 2.45) is 0 Å². The van der Waals surface area contributed by atoms with Crippen molar-refractivity contribution < 1.29 is 22.7 Å². The van der Waals surface area contributed by atoms with E-state index in [9.17, 15) is 18.0 Å². The summed E-state index contributed by atoms with van der Waals surface area (Å²) in [7, 11) is 0. The van der Waals surface area contributed by atoms with Crippen LogP contribution in [0, 0.1) is 0 Å². The number of halogens is 3. The summed E-state index contributed by atoms with van der Waals surface area (Å²) in [4.78, 5) is 11.9. The zero-order valence-electron chi connectivity index (χ0n) is 10.7. The van der Waals surface area contributed by atoms with E-state index in [-0.39, 0.29) is 23.4 Å². The predicted octanol–water partition coefficient (Wildman–Crippen LogP) is 2.32. The summed E-state index contributed by atoms with van der Waals surface area (Å²) in [6.07, 6.45) is -2.79. The highest BCUT2D eigenvalue weighted by Gasteiger charge is 2.29. The molecule has 0 bridgehead atoms. The molecule has 0 unspecified atom stereocenters. The van der Waals surface area contributed by atoms with Crippen LogP contribution in [0.5, 0.6) is 5.75 Å². The number of alkyl halides is 3. The lowest BCUT2D eigenvalue weighted by molar-refractivity contribution is -0.153. The van der Waals surface area contributed by atoms with Crippen LogP contribution < -0.4 is 15.4 Å². The largest absolute Gasteiger partial charge is 0.482 e. The maximum atomic E-state index is 12.2. The third kappa shape index (κ3) is 4.12. The SMILES string of the molecule is O=C(Nc1ccccc1OCC(F)(F)F)[C@@H]1CCCN1. The van der Waals surface area contributed by atoms with Crippen LogP contribution in [0.2, 0.25) is 0 Å². The molecule has 2 rings (SSSR count). The minimum absolute atomic E-state index is 0.0103. The van der Waals surface area contributed by atoms with Crippen molar-refractivity contribution in [3.8, 4) is 5.75 Å². The van der Waals surface area contributed by atoms with Gasteiger partial charge in [-0.2, -0.15) is 13.2 Å². The number of hydrogen-bond acceptors (Lipinski definition) is 3. The van der Waals surface area contributed by atoms with Gasteiger partial charge in [-0.1, -0.05) is 12.1 Å². The molecule has 1 aliphatic rings. The second kappa shape index (κ2) is 6.13. The first kappa shape index (κ1) is 14.6. The molecule has 1 heterocycles. The topological polar surface area (TPSA) is 50.4 Å². The number of nitrogens with one attached hydrogen (secondary N) is 2. The minimum atomic E-state index is -4.41. The van der Waals surface area contributed by atoms with E-state index >= 15 is 0 Å². The Balaban J connectivity index is 2.01. The Labute approximate surface area is 114 Å². The summed E-state index contributed by atoms with van der Waals surface area (Å²) in [6.45, 7) is -0.619. The maximum Gasteiger partial charge on any atom is 0.422 e. The van der Waals surface area contributed by atoms with Gasteiger partial charge in [0, 0.05) is 0 Å². The van der Waals surface area contributed by atoms with E-state index in [1.54, 1.807) is 12.1 Å². The van der Waals surface area contributed by atoms with Gasteiger partial charge in [-0.3, -0.25) is 4.79 Å². The highest BCUT2D eigenvalue weighted by Crippen LogP contribution is 2.26. The third-order valence-electron chi connectivity index (χ3n) is 2.91. The number of hydrogen-bond donors (Lipinski definition) is 2. The number of carbonyl (C=O) groups is 1. The average molecular weight is 288 g/mol. The maximum absolute atomic E-state index is 12.2. The van der Waals surface area contributed by atoms with Crippen LogP contribution in [0.25, 0.3) is 0 Å². The Morgan fingerprint density at radius 1 is 1.40 bits per heavy atom. The van der Waals surface area contributed by atoms with E-state index in [4.69, 9.17) is 4.74 Å². The van der Waals surface area contributed by atoms with Crippen LogP contribution in [0.15, 0.2) is 24.3 Å². The molecule has 1 aliphatic heterocycles. The van der Waals surface area contributed by atoms with Gasteiger partial charge in [-0.15, -0.1) is 0 Å². The summed E-state index contributed by atoms with van der Waals surface area (Å²) in [5.41, 5.74) is 0.246. The van der Waals surface area contributed by atoms with Gasteiger partial charge < -0.3 is 15.4 Å². The molecule has 1 aromatic rings. The van der Waals surface area contributed by atoms with E-state index in [1.807, 2.05) is 0 Å². The number of anilines is 1. The van der Waals surface area contributed by atoms with Crippen LogP contribution in [0.4, 0.5) is 18.9 Å². The lowest BCUT2D eigenvalue weighted by atomic mass is 10.2. The zero-order valence-corrected chi connectivity index (χ0v) is 10.7. The Kier molecular flexibility index (Phi) is 4.49. The normalized spacial score (nSPS) is 18.9. The first-order chi connectivity index (χ1) is 9.46. The Hall–Kier alpha value is -1.76. The minimum Gasteiger partial charge on any atom is -0.482 e. The fourth-order valence-electron chi connectivity index (χ4n) is 1.98. The van der Waals surface area contributed by atoms with Crippen molar-refractivity contribution in [2.45, 2.75) is 25.1 Å². The quantitative estimate of drug-likeness (QED) is 0.894. The van der Waals surface area contributed by atoms with Gasteiger partial charge in [-0.25, -0.2) is 0 Å². The highest BCUT2D eigenvalue weighted by atomic mass is 19.4. The van der Waals surface area contributed by atoms with Crippen LogP contribution >= 0.6 is 0 Å². The van der Waals surface area contributed by atoms with Crippen molar-refractivity contribution in [1.82, 2.24) is 5.32 Å². The van der Waals surface area contributed by atoms with Gasteiger partial charge in [0.1, 0.15) is 5.75 Å². The molecule has 4 nitrogen and oxygen atoms in total. The summed E-state index contributed by atoms with van der Waals surface area (Å²) in [6, 6.07) is 5.78. The van der Waals surface area contributed by atoms with Crippen LogP contribution in [-0.4, -0.2) is 31.3 Å². The third-order valence-corrected chi connectivity index (χ3v) is 2.91. The molecule has 1 aromatic carbocycles. The van der Waals surface area contributed by atoms with Crippen molar-refractivity contribution in [3.63, 3.8) is 0 Å². The highest BCUT2D eigenvalue weighted by molar-refractivity contribution is 5.96. The monoisotopic (exact) mass is 288 g/mol. The van der Waals surface area contributed by atoms with Gasteiger partial charge in [0.05, 0.1) is 11.7 Å². The predicted molar refractivity (Wildman–Crippen MR) is 67.6 cm³/mol. The van der Waals surface area contributed by atoms with Gasteiger partial charge in [0.2, 0.25) is 5.91 Å². The molecule has 1 fully saturated rings. The van der Waals surface area contributed by atoms with Crippen LogP contribution in [0.3, 0.4) is 0 Å². The lowest BCUT2D eigenvalue weighted by Crippen LogP contribution is -2.35. The Morgan fingerprint density at radius 3 is 2.80 bits per heavy atom. The molecule has 20 heavy (non-hydrogen) atoms. The summed E-state index contributed by atoms with van der Waals surface area (Å²) >= 11 is 0. The number of benzene rings is 1. The Morgan fingerprint density at radius 2 is 2.15 bits per heavy atom. The van der Waals surface area contributed by atoms with Crippen molar-refractivity contribution in [3.05, 3.63) is 24.3 Å². The second-order valence-electron chi connectivity index (χ2n) is 4.54. The summed E-state index contributed by atoms with van der Waals surface area (Å²) in [5.74, 6) is -0.248. The van der Waals surface area contributed by atoms with Crippen molar-refractivity contribution >= 4 is 11.6 Å². The molecule has 0 saturated carbocycles. The summed E-state index contributed by atoms with van der Waals surface area (Å²) < 4.78 is 41.2. The molecule has 0 aliphatic carbocycles.